The van der Waals surface area contributed by atoms with Crippen LogP contribution < -0.4 is 0 Å². The minimum absolute atomic E-state index is 0.00526. The lowest BCUT2D eigenvalue weighted by molar-refractivity contribution is 0.0503. The third kappa shape index (κ3) is 3.90. The third-order valence-electron chi connectivity index (χ3n) is 3.86. The van der Waals surface area contributed by atoms with Crippen molar-refractivity contribution in [2.24, 2.45) is 0 Å². The molecule has 0 radical (unpaired) electrons. The molecule has 1 atom stereocenters. The van der Waals surface area contributed by atoms with Gasteiger partial charge >= 0.3 is 0 Å². The van der Waals surface area contributed by atoms with E-state index in [-0.39, 0.29) is 17.6 Å². The Morgan fingerprint density at radius 2 is 2.04 bits per heavy atom. The minimum atomic E-state index is -0.607. The van der Waals surface area contributed by atoms with Crippen LogP contribution in [-0.4, -0.2) is 40.0 Å². The Morgan fingerprint density at radius 3 is 2.74 bits per heavy atom. The monoisotopic (exact) mass is 315 g/mol. The van der Waals surface area contributed by atoms with Gasteiger partial charge < -0.3 is 9.64 Å². The number of ether oxygens (including phenoxy) is 1. The normalized spacial score (nSPS) is 17.2. The quantitative estimate of drug-likeness (QED) is 0.850. The van der Waals surface area contributed by atoms with Crippen LogP contribution in [0.15, 0.2) is 43.0 Å². The van der Waals surface area contributed by atoms with E-state index in [0.29, 0.717) is 19.7 Å². The zero-order chi connectivity index (χ0) is 16.1. The van der Waals surface area contributed by atoms with Gasteiger partial charge in [-0.2, -0.15) is 0 Å². The van der Waals surface area contributed by atoms with E-state index in [9.17, 15) is 9.18 Å². The van der Waals surface area contributed by atoms with Crippen molar-refractivity contribution in [1.29, 1.82) is 0 Å². The van der Waals surface area contributed by atoms with Crippen LogP contribution in [0, 0.1) is 5.82 Å². The number of pyridine rings is 2. The van der Waals surface area contributed by atoms with E-state index in [0.717, 1.165) is 24.6 Å². The average Bonchev–Trinajstić information content (AvgIpc) is 3.08. The summed E-state index contributed by atoms with van der Waals surface area (Å²) in [6.07, 6.45) is 7.75. The second-order valence-corrected chi connectivity index (χ2v) is 5.53. The number of hydrogen-bond acceptors (Lipinski definition) is 4. The maximum Gasteiger partial charge on any atom is 0.257 e. The first-order valence-electron chi connectivity index (χ1n) is 7.63. The van der Waals surface area contributed by atoms with Crippen molar-refractivity contribution < 1.29 is 13.9 Å². The Morgan fingerprint density at radius 1 is 1.26 bits per heavy atom. The van der Waals surface area contributed by atoms with E-state index >= 15 is 0 Å². The molecular weight excluding hydrogens is 297 g/mol. The molecule has 3 rings (SSSR count). The Bertz CT molecular complexity index is 660. The van der Waals surface area contributed by atoms with Crippen molar-refractivity contribution in [2.75, 3.05) is 13.2 Å². The molecule has 1 amide bonds. The molecule has 120 valence electrons. The predicted octanol–water partition coefficient (Wildman–Crippen LogP) is 2.44. The lowest BCUT2D eigenvalue weighted by Gasteiger charge is -2.25. The van der Waals surface area contributed by atoms with Crippen molar-refractivity contribution in [3.63, 3.8) is 0 Å². The average molecular weight is 315 g/mol. The van der Waals surface area contributed by atoms with Crippen molar-refractivity contribution in [3.05, 3.63) is 59.9 Å². The zero-order valence-corrected chi connectivity index (χ0v) is 12.7. The molecule has 6 heteroatoms. The molecule has 0 bridgehead atoms. The standard InChI is InChI=1S/C17H18FN3O2/c18-16-10-20-8-5-15(16)17(22)21(12-14-2-1-9-23-14)11-13-3-6-19-7-4-13/h3-8,10,14H,1-2,9,11-12H2. The zero-order valence-electron chi connectivity index (χ0n) is 12.7. The molecule has 1 aliphatic heterocycles. The largest absolute Gasteiger partial charge is 0.376 e. The van der Waals surface area contributed by atoms with Gasteiger partial charge in [-0.05, 0) is 36.6 Å². The van der Waals surface area contributed by atoms with Crippen LogP contribution in [0.1, 0.15) is 28.8 Å². The van der Waals surface area contributed by atoms with E-state index < -0.39 is 5.82 Å². The molecule has 0 aliphatic carbocycles. The minimum Gasteiger partial charge on any atom is -0.376 e. The van der Waals surface area contributed by atoms with Crippen molar-refractivity contribution >= 4 is 5.91 Å². The van der Waals surface area contributed by atoms with Crippen LogP contribution in [0.3, 0.4) is 0 Å². The number of carbonyl (C=O) groups excluding carboxylic acids is 1. The lowest BCUT2D eigenvalue weighted by atomic mass is 10.1. The molecular formula is C17H18FN3O2. The summed E-state index contributed by atoms with van der Waals surface area (Å²) in [5.41, 5.74) is 0.980. The van der Waals surface area contributed by atoms with E-state index in [2.05, 4.69) is 9.97 Å². The highest BCUT2D eigenvalue weighted by Crippen LogP contribution is 2.18. The van der Waals surface area contributed by atoms with Gasteiger partial charge in [0.2, 0.25) is 0 Å². The van der Waals surface area contributed by atoms with Crippen LogP contribution in [0.4, 0.5) is 4.39 Å². The molecule has 0 spiro atoms. The number of aromatic nitrogens is 2. The maximum absolute atomic E-state index is 13.9. The van der Waals surface area contributed by atoms with Gasteiger partial charge in [0.25, 0.3) is 5.91 Å². The summed E-state index contributed by atoms with van der Waals surface area (Å²) in [5, 5.41) is 0. The van der Waals surface area contributed by atoms with Gasteiger partial charge in [-0.25, -0.2) is 4.39 Å². The summed E-state index contributed by atoms with van der Waals surface area (Å²) < 4.78 is 19.5. The van der Waals surface area contributed by atoms with Gasteiger partial charge in [-0.1, -0.05) is 0 Å². The molecule has 3 heterocycles. The van der Waals surface area contributed by atoms with Gasteiger partial charge in [-0.3, -0.25) is 14.8 Å². The summed E-state index contributed by atoms with van der Waals surface area (Å²) in [6.45, 7) is 1.55. The highest BCUT2D eigenvalue weighted by molar-refractivity contribution is 5.94. The molecule has 1 unspecified atom stereocenters. The highest BCUT2D eigenvalue weighted by Gasteiger charge is 2.25. The molecule has 23 heavy (non-hydrogen) atoms. The molecule has 0 N–H and O–H groups in total. The highest BCUT2D eigenvalue weighted by atomic mass is 19.1. The summed E-state index contributed by atoms with van der Waals surface area (Å²) >= 11 is 0. The topological polar surface area (TPSA) is 55.3 Å². The summed E-state index contributed by atoms with van der Waals surface area (Å²) in [4.78, 5) is 22.0. The smallest absolute Gasteiger partial charge is 0.257 e. The molecule has 0 aromatic carbocycles. The van der Waals surface area contributed by atoms with Crippen LogP contribution in [0.2, 0.25) is 0 Å². The number of carbonyl (C=O) groups is 1. The number of hydrogen-bond donors (Lipinski definition) is 0. The number of amides is 1. The van der Waals surface area contributed by atoms with Crippen molar-refractivity contribution in [2.45, 2.75) is 25.5 Å². The van der Waals surface area contributed by atoms with Gasteiger partial charge in [0.15, 0.2) is 5.82 Å². The van der Waals surface area contributed by atoms with E-state index in [1.807, 2.05) is 12.1 Å². The second-order valence-electron chi connectivity index (χ2n) is 5.53. The summed E-state index contributed by atoms with van der Waals surface area (Å²) in [7, 11) is 0. The molecule has 2 aromatic heterocycles. The van der Waals surface area contributed by atoms with Crippen molar-refractivity contribution in [3.8, 4) is 0 Å². The molecule has 2 aromatic rings. The lowest BCUT2D eigenvalue weighted by Crippen LogP contribution is -2.37. The van der Waals surface area contributed by atoms with E-state index in [1.54, 1.807) is 17.3 Å². The summed E-state index contributed by atoms with van der Waals surface area (Å²) in [5.74, 6) is -0.957. The number of rotatable bonds is 5. The van der Waals surface area contributed by atoms with E-state index in [1.165, 1.54) is 12.3 Å². The summed E-state index contributed by atoms with van der Waals surface area (Å²) in [6, 6.07) is 5.10. The first kappa shape index (κ1) is 15.6. The molecule has 0 saturated carbocycles. The van der Waals surface area contributed by atoms with E-state index in [4.69, 9.17) is 4.74 Å². The Kier molecular flexibility index (Phi) is 4.92. The Hall–Kier alpha value is -2.34. The predicted molar refractivity (Wildman–Crippen MR) is 82.1 cm³/mol. The van der Waals surface area contributed by atoms with Gasteiger partial charge in [-0.15, -0.1) is 0 Å². The molecule has 1 fully saturated rings. The number of halogens is 1. The van der Waals surface area contributed by atoms with Gasteiger partial charge in [0.1, 0.15) is 0 Å². The van der Waals surface area contributed by atoms with Crippen molar-refractivity contribution in [1.82, 2.24) is 14.9 Å². The first-order valence-corrected chi connectivity index (χ1v) is 7.63. The fourth-order valence-electron chi connectivity index (χ4n) is 2.68. The molecule has 5 nitrogen and oxygen atoms in total. The number of nitrogens with zero attached hydrogens (tertiary/aromatic N) is 3. The Balaban J connectivity index is 1.81. The fourth-order valence-corrected chi connectivity index (χ4v) is 2.68. The third-order valence-corrected chi connectivity index (χ3v) is 3.86. The Labute approximate surface area is 134 Å². The maximum atomic E-state index is 13.9. The van der Waals surface area contributed by atoms with Gasteiger partial charge in [0, 0.05) is 38.3 Å². The molecule has 1 saturated heterocycles. The fraction of sp³-hybridized carbons (Fsp3) is 0.353. The SMILES string of the molecule is O=C(c1ccncc1F)N(Cc1ccncc1)CC1CCCO1. The van der Waals surface area contributed by atoms with Crippen LogP contribution in [0.25, 0.3) is 0 Å². The van der Waals surface area contributed by atoms with Crippen LogP contribution >= 0.6 is 0 Å². The van der Waals surface area contributed by atoms with Gasteiger partial charge in [0.05, 0.1) is 17.9 Å². The second kappa shape index (κ2) is 7.28. The van der Waals surface area contributed by atoms with Crippen LogP contribution in [-0.2, 0) is 11.3 Å². The first-order chi connectivity index (χ1) is 11.2. The molecule has 1 aliphatic rings. The van der Waals surface area contributed by atoms with Crippen LogP contribution in [0.5, 0.6) is 0 Å².